The molecule has 2 aliphatic rings. The maximum Gasteiger partial charge on any atom is 0.305 e. The van der Waals surface area contributed by atoms with Gasteiger partial charge in [-0.1, -0.05) is 6.92 Å². The van der Waals surface area contributed by atoms with Crippen LogP contribution in [0.4, 0.5) is 0 Å². The number of carbonyl (C=O) groups is 1. The largest absolute Gasteiger partial charge is 0.463 e. The van der Waals surface area contributed by atoms with Gasteiger partial charge in [-0.25, -0.2) is 4.98 Å². The van der Waals surface area contributed by atoms with Gasteiger partial charge in [-0.05, 0) is 37.7 Å². The van der Waals surface area contributed by atoms with Crippen molar-refractivity contribution in [2.24, 2.45) is 0 Å². The second-order valence-corrected chi connectivity index (χ2v) is 10.3. The van der Waals surface area contributed by atoms with E-state index in [0.717, 1.165) is 62.3 Å². The smallest absolute Gasteiger partial charge is 0.305 e. The van der Waals surface area contributed by atoms with Crippen LogP contribution in [0, 0.1) is 0 Å². The van der Waals surface area contributed by atoms with E-state index in [1.54, 1.807) is 11.3 Å². The fourth-order valence-electron chi connectivity index (χ4n) is 4.65. The summed E-state index contributed by atoms with van der Waals surface area (Å²) in [6, 6.07) is 0. The molecule has 1 saturated heterocycles. The highest BCUT2D eigenvalue weighted by Crippen LogP contribution is 2.33. The van der Waals surface area contributed by atoms with Crippen LogP contribution in [0.15, 0.2) is 4.79 Å². The lowest BCUT2D eigenvalue weighted by atomic mass is 9.97. The van der Waals surface area contributed by atoms with Crippen LogP contribution in [0.3, 0.4) is 0 Å². The molecule has 2 aromatic heterocycles. The topological polar surface area (TPSA) is 108 Å². The van der Waals surface area contributed by atoms with Gasteiger partial charge in [0.15, 0.2) is 0 Å². The monoisotopic (exact) mass is 492 g/mol. The van der Waals surface area contributed by atoms with Crippen LogP contribution in [-0.2, 0) is 33.7 Å². The third kappa shape index (κ3) is 6.63. The minimum atomic E-state index is -0.810. The lowest BCUT2D eigenvalue weighted by Gasteiger charge is -2.30. The molecule has 1 fully saturated rings. The Morgan fingerprint density at radius 2 is 2.12 bits per heavy atom. The number of hydrogen-bond donors (Lipinski definition) is 2. The van der Waals surface area contributed by atoms with E-state index in [1.165, 1.54) is 16.9 Å². The Balaban J connectivity index is 1.45. The molecule has 188 valence electrons. The number of aryl methyl sites for hydroxylation is 2. The summed E-state index contributed by atoms with van der Waals surface area (Å²) >= 11 is 1.64. The van der Waals surface area contributed by atoms with Crippen LogP contribution < -0.4 is 5.56 Å². The highest BCUT2D eigenvalue weighted by atomic mass is 32.1. The number of morpholine rings is 1. The first-order valence-corrected chi connectivity index (χ1v) is 13.2. The fourth-order valence-corrected chi connectivity index (χ4v) is 5.93. The van der Waals surface area contributed by atoms with Crippen molar-refractivity contribution >= 4 is 27.5 Å². The van der Waals surface area contributed by atoms with Crippen molar-refractivity contribution in [1.82, 2.24) is 19.8 Å². The summed E-state index contributed by atoms with van der Waals surface area (Å²) in [4.78, 5) is 38.9. The summed E-state index contributed by atoms with van der Waals surface area (Å²) in [5.41, 5.74) is 1.11. The number of rotatable bonds is 11. The predicted octanol–water partition coefficient (Wildman–Crippen LogP) is 1.70. The normalized spacial score (nSPS) is 17.7. The van der Waals surface area contributed by atoms with Crippen LogP contribution in [0.2, 0.25) is 0 Å². The average molecular weight is 493 g/mol. The zero-order valence-corrected chi connectivity index (χ0v) is 20.8. The lowest BCUT2D eigenvalue weighted by molar-refractivity contribution is -0.147. The molecule has 1 aliphatic carbocycles. The van der Waals surface area contributed by atoms with Crippen molar-refractivity contribution in [3.05, 3.63) is 26.6 Å². The van der Waals surface area contributed by atoms with Crippen LogP contribution in [0.1, 0.15) is 48.9 Å². The van der Waals surface area contributed by atoms with Crippen LogP contribution in [0.5, 0.6) is 0 Å². The number of thiophene rings is 1. The summed E-state index contributed by atoms with van der Waals surface area (Å²) in [5, 5.41) is 11.3. The number of nitrogens with zero attached hydrogens (tertiary/aromatic N) is 3. The van der Waals surface area contributed by atoms with Crippen molar-refractivity contribution in [3.8, 4) is 0 Å². The first-order valence-electron chi connectivity index (χ1n) is 12.4. The number of aliphatic hydroxyl groups is 1. The molecule has 4 rings (SSSR count). The molecule has 2 N–H and O–H groups in total. The van der Waals surface area contributed by atoms with E-state index in [0.29, 0.717) is 38.3 Å². The van der Waals surface area contributed by atoms with Crippen molar-refractivity contribution < 1.29 is 19.4 Å². The molecule has 1 atom stereocenters. The first-order chi connectivity index (χ1) is 16.5. The van der Waals surface area contributed by atoms with Crippen LogP contribution in [0.25, 0.3) is 10.2 Å². The van der Waals surface area contributed by atoms with Gasteiger partial charge in [0.25, 0.3) is 5.56 Å². The summed E-state index contributed by atoms with van der Waals surface area (Å²) in [6.07, 6.45) is 4.53. The highest BCUT2D eigenvalue weighted by Gasteiger charge is 2.22. The molecule has 0 spiro atoms. The number of H-pyrrole nitrogens is 1. The third-order valence-electron chi connectivity index (χ3n) is 6.44. The molecule has 0 amide bonds. The second-order valence-electron chi connectivity index (χ2n) is 9.18. The van der Waals surface area contributed by atoms with Crippen LogP contribution >= 0.6 is 11.3 Å². The Bertz CT molecular complexity index is 1020. The van der Waals surface area contributed by atoms with Crippen molar-refractivity contribution in [1.29, 1.82) is 0 Å². The number of fused-ring (bicyclic) bond motifs is 3. The highest BCUT2D eigenvalue weighted by molar-refractivity contribution is 7.18. The molecule has 34 heavy (non-hydrogen) atoms. The van der Waals surface area contributed by atoms with Gasteiger partial charge in [0.05, 0.1) is 25.1 Å². The Morgan fingerprint density at radius 3 is 2.91 bits per heavy atom. The van der Waals surface area contributed by atoms with Crippen molar-refractivity contribution in [3.63, 3.8) is 0 Å². The molecular weight excluding hydrogens is 456 g/mol. The van der Waals surface area contributed by atoms with Gasteiger partial charge in [-0.15, -0.1) is 11.3 Å². The Morgan fingerprint density at radius 1 is 1.32 bits per heavy atom. The Hall–Kier alpha value is -1.85. The fraction of sp³-hybridized carbons (Fsp3) is 0.708. The average Bonchev–Trinajstić information content (AvgIpc) is 3.21. The van der Waals surface area contributed by atoms with Crippen LogP contribution in [-0.4, -0.2) is 89.5 Å². The number of nitrogens with one attached hydrogen (secondary N) is 1. The molecule has 0 bridgehead atoms. The molecule has 3 heterocycles. The number of ether oxygens (including phenoxy) is 2. The molecular formula is C24H36N4O5S. The zero-order valence-electron chi connectivity index (χ0n) is 20.0. The molecule has 9 nitrogen and oxygen atoms in total. The van der Waals surface area contributed by atoms with Crippen molar-refractivity contribution in [2.75, 3.05) is 52.5 Å². The number of aliphatic hydroxyl groups excluding tert-OH is 1. The molecule has 1 aliphatic heterocycles. The number of carbonyl (C=O) groups excluding carboxylic acids is 1. The summed E-state index contributed by atoms with van der Waals surface area (Å²) < 4.78 is 10.6. The number of esters is 1. The molecule has 10 heteroatoms. The maximum atomic E-state index is 12.9. The number of aromatic amines is 1. The Kier molecular flexibility index (Phi) is 9.07. The molecule has 0 saturated carbocycles. The zero-order chi connectivity index (χ0) is 23.9. The molecule has 0 unspecified atom stereocenters. The summed E-state index contributed by atoms with van der Waals surface area (Å²) in [6.45, 7) is 7.36. The van der Waals surface area contributed by atoms with Gasteiger partial charge in [0.1, 0.15) is 23.4 Å². The van der Waals surface area contributed by atoms with E-state index in [1.807, 2.05) is 6.92 Å². The minimum absolute atomic E-state index is 0.0342. The number of aromatic nitrogens is 2. The quantitative estimate of drug-likeness (QED) is 0.457. The maximum absolute atomic E-state index is 12.9. The van der Waals surface area contributed by atoms with E-state index in [9.17, 15) is 14.7 Å². The molecule has 0 radical (unpaired) electrons. The second kappa shape index (κ2) is 12.2. The summed E-state index contributed by atoms with van der Waals surface area (Å²) in [7, 11) is 0. The minimum Gasteiger partial charge on any atom is -0.463 e. The van der Waals surface area contributed by atoms with Gasteiger partial charge in [0.2, 0.25) is 0 Å². The first kappa shape index (κ1) is 25.2. The lowest BCUT2D eigenvalue weighted by Crippen LogP contribution is -2.43. The van der Waals surface area contributed by atoms with Gasteiger partial charge < -0.3 is 19.6 Å². The Labute approximate surface area is 204 Å². The molecule has 0 aromatic carbocycles. The van der Waals surface area contributed by atoms with E-state index in [-0.39, 0.29) is 18.1 Å². The van der Waals surface area contributed by atoms with Crippen molar-refractivity contribution in [2.45, 2.75) is 58.1 Å². The third-order valence-corrected chi connectivity index (χ3v) is 7.63. The van der Waals surface area contributed by atoms with Gasteiger partial charge in [-0.3, -0.25) is 19.4 Å². The molecule has 2 aromatic rings. The number of hydrogen-bond acceptors (Lipinski definition) is 9. The van der Waals surface area contributed by atoms with Gasteiger partial charge in [-0.2, -0.15) is 0 Å². The van der Waals surface area contributed by atoms with E-state index < -0.39 is 6.10 Å². The standard InChI is InChI=1S/C24H36N4O5S/c1-2-5-21(30)33-16-17(29)14-28(9-8-27-10-12-32-13-11-27)15-20-25-23(31)22-18-6-3-4-7-19(18)34-24(22)26-20/h17,29H,2-16H2,1H3,(H,25,26,31)/t17-/m0/s1. The predicted molar refractivity (Wildman–Crippen MR) is 131 cm³/mol. The summed E-state index contributed by atoms with van der Waals surface area (Å²) in [5.74, 6) is 0.313. The van der Waals surface area contributed by atoms with E-state index in [4.69, 9.17) is 14.5 Å². The SMILES string of the molecule is CCCC(=O)OC[C@@H](O)CN(CCN1CCOCC1)Cc1nc2sc3c(c2c(=O)[nH]1)CCCC3. The van der Waals surface area contributed by atoms with Gasteiger partial charge in [0, 0.05) is 44.0 Å². The van der Waals surface area contributed by atoms with Gasteiger partial charge >= 0.3 is 5.97 Å². The van der Waals surface area contributed by atoms with E-state index >= 15 is 0 Å². The van der Waals surface area contributed by atoms with E-state index in [2.05, 4.69) is 14.8 Å².